The van der Waals surface area contributed by atoms with Gasteiger partial charge in [0.2, 0.25) is 6.54 Å². The lowest BCUT2D eigenvalue weighted by Gasteiger charge is -1.93. The lowest BCUT2D eigenvalue weighted by atomic mass is 10.2. The summed E-state index contributed by atoms with van der Waals surface area (Å²) in [6.45, 7) is 3.44. The third-order valence-corrected chi connectivity index (χ3v) is 2.16. The van der Waals surface area contributed by atoms with Crippen molar-refractivity contribution in [1.29, 1.82) is 0 Å². The molecule has 0 atom stereocenters. The molecule has 3 nitrogen and oxygen atoms in total. The number of thiophene rings is 1. The van der Waals surface area contributed by atoms with Crippen LogP contribution in [0.15, 0.2) is 24.1 Å². The van der Waals surface area contributed by atoms with Crippen molar-refractivity contribution < 1.29 is 4.92 Å². The maximum atomic E-state index is 10.1. The van der Waals surface area contributed by atoms with Gasteiger partial charge >= 0.3 is 0 Å². The fourth-order valence-electron chi connectivity index (χ4n) is 0.713. The summed E-state index contributed by atoms with van der Waals surface area (Å²) >= 11 is 1.47. The van der Waals surface area contributed by atoms with Gasteiger partial charge < -0.3 is 0 Å². The Kier molecular flexibility index (Phi) is 2.38. The Morgan fingerprint density at radius 2 is 2.55 bits per heavy atom. The van der Waals surface area contributed by atoms with Crippen LogP contribution in [0.3, 0.4) is 0 Å². The van der Waals surface area contributed by atoms with Crippen LogP contribution in [0, 0.1) is 10.1 Å². The monoisotopic (exact) mass is 169 g/mol. The summed E-state index contributed by atoms with van der Waals surface area (Å²) in [5, 5.41) is 11.9. The van der Waals surface area contributed by atoms with Crippen LogP contribution >= 0.6 is 11.3 Å². The van der Waals surface area contributed by atoms with E-state index in [1.165, 1.54) is 11.3 Å². The smallest absolute Gasteiger partial charge is 0.229 e. The molecule has 0 spiro atoms. The van der Waals surface area contributed by atoms with Gasteiger partial charge in [-0.15, -0.1) is 11.3 Å². The van der Waals surface area contributed by atoms with Gasteiger partial charge in [0.05, 0.1) is 0 Å². The molecule has 0 N–H and O–H groups in total. The maximum absolute atomic E-state index is 10.1. The molecule has 0 saturated carbocycles. The summed E-state index contributed by atoms with van der Waals surface area (Å²) < 4.78 is 0. The minimum Gasteiger partial charge on any atom is -0.264 e. The van der Waals surface area contributed by atoms with Gasteiger partial charge in [-0.05, 0) is 11.4 Å². The number of rotatable bonds is 3. The molecule has 1 rings (SSSR count). The average molecular weight is 169 g/mol. The number of hydrogen-bond acceptors (Lipinski definition) is 3. The molecule has 0 aliphatic rings. The lowest BCUT2D eigenvalue weighted by Crippen LogP contribution is -2.00. The van der Waals surface area contributed by atoms with Crippen molar-refractivity contribution in [2.45, 2.75) is 0 Å². The highest BCUT2D eigenvalue weighted by Crippen LogP contribution is 2.17. The summed E-state index contributed by atoms with van der Waals surface area (Å²) in [7, 11) is 0. The highest BCUT2D eigenvalue weighted by Gasteiger charge is 2.05. The van der Waals surface area contributed by atoms with Crippen molar-refractivity contribution in [1.82, 2.24) is 0 Å². The summed E-state index contributed by atoms with van der Waals surface area (Å²) in [4.78, 5) is 10.6. The van der Waals surface area contributed by atoms with Gasteiger partial charge in [-0.2, -0.15) is 0 Å². The first-order valence-electron chi connectivity index (χ1n) is 3.03. The molecule has 0 fully saturated rings. The van der Waals surface area contributed by atoms with Crippen molar-refractivity contribution in [3.63, 3.8) is 0 Å². The molecule has 0 bridgehead atoms. The standard InChI is InChI=1S/C7H7NO2S/c1-6(5-8(9)10)7-3-2-4-11-7/h2-4H,1,5H2. The molecule has 1 aromatic heterocycles. The first kappa shape index (κ1) is 7.94. The summed E-state index contributed by atoms with van der Waals surface area (Å²) in [5.74, 6) is 0. The zero-order valence-corrected chi connectivity index (χ0v) is 6.63. The van der Waals surface area contributed by atoms with Gasteiger partial charge in [0.25, 0.3) is 0 Å². The fraction of sp³-hybridized carbons (Fsp3) is 0.143. The molecule has 4 heteroatoms. The van der Waals surface area contributed by atoms with Gasteiger partial charge in [0.15, 0.2) is 0 Å². The number of hydrogen-bond donors (Lipinski definition) is 0. The van der Waals surface area contributed by atoms with E-state index in [9.17, 15) is 10.1 Å². The summed E-state index contributed by atoms with van der Waals surface area (Å²) in [6.07, 6.45) is 0. The van der Waals surface area contributed by atoms with Crippen molar-refractivity contribution in [2.24, 2.45) is 0 Å². The highest BCUT2D eigenvalue weighted by atomic mass is 32.1. The maximum Gasteiger partial charge on any atom is 0.229 e. The topological polar surface area (TPSA) is 43.1 Å². The van der Waals surface area contributed by atoms with Crippen LogP contribution < -0.4 is 0 Å². The zero-order chi connectivity index (χ0) is 8.27. The normalized spacial score (nSPS) is 9.45. The molecule has 0 amide bonds. The molecule has 0 aromatic carbocycles. The van der Waals surface area contributed by atoms with E-state index in [-0.39, 0.29) is 11.5 Å². The van der Waals surface area contributed by atoms with Crippen LogP contribution in [0.1, 0.15) is 4.88 Å². The Balaban J connectivity index is 2.64. The van der Waals surface area contributed by atoms with E-state index in [1.807, 2.05) is 17.5 Å². The van der Waals surface area contributed by atoms with Gasteiger partial charge in [0.1, 0.15) is 0 Å². The molecule has 0 aliphatic heterocycles. The van der Waals surface area contributed by atoms with E-state index in [0.29, 0.717) is 5.57 Å². The predicted octanol–water partition coefficient (Wildman–Crippen LogP) is 2.04. The third kappa shape index (κ3) is 2.16. The second-order valence-electron chi connectivity index (χ2n) is 2.07. The van der Waals surface area contributed by atoms with E-state index in [4.69, 9.17) is 0 Å². The van der Waals surface area contributed by atoms with Crippen LogP contribution in [-0.2, 0) is 0 Å². The fourth-order valence-corrected chi connectivity index (χ4v) is 1.41. The second kappa shape index (κ2) is 3.30. The Hall–Kier alpha value is -1.16. The van der Waals surface area contributed by atoms with Crippen LogP contribution in [0.4, 0.5) is 0 Å². The molecule has 0 saturated heterocycles. The average Bonchev–Trinajstić information content (AvgIpc) is 2.35. The first-order valence-corrected chi connectivity index (χ1v) is 3.91. The molecule has 0 aliphatic carbocycles. The molecular formula is C7H7NO2S. The summed E-state index contributed by atoms with van der Waals surface area (Å²) in [6, 6.07) is 3.68. The predicted molar refractivity (Wildman–Crippen MR) is 45.2 cm³/mol. The van der Waals surface area contributed by atoms with Gasteiger partial charge in [-0.3, -0.25) is 10.1 Å². The van der Waals surface area contributed by atoms with Crippen molar-refractivity contribution in [2.75, 3.05) is 6.54 Å². The minimum atomic E-state index is -0.373. The molecule has 0 radical (unpaired) electrons. The number of nitrogens with zero attached hydrogens (tertiary/aromatic N) is 1. The molecule has 11 heavy (non-hydrogen) atoms. The van der Waals surface area contributed by atoms with Crippen LogP contribution in [0.25, 0.3) is 5.57 Å². The Bertz CT molecular complexity index is 266. The van der Waals surface area contributed by atoms with E-state index < -0.39 is 0 Å². The third-order valence-electron chi connectivity index (χ3n) is 1.19. The first-order chi connectivity index (χ1) is 5.20. The van der Waals surface area contributed by atoms with Crippen LogP contribution in [0.5, 0.6) is 0 Å². The quantitative estimate of drug-likeness (QED) is 0.513. The minimum absolute atomic E-state index is 0.166. The van der Waals surface area contributed by atoms with E-state index in [1.54, 1.807) is 0 Å². The van der Waals surface area contributed by atoms with Crippen LogP contribution in [0.2, 0.25) is 0 Å². The molecule has 0 unspecified atom stereocenters. The lowest BCUT2D eigenvalue weighted by molar-refractivity contribution is -0.465. The van der Waals surface area contributed by atoms with E-state index in [0.717, 1.165) is 4.88 Å². The zero-order valence-electron chi connectivity index (χ0n) is 5.82. The van der Waals surface area contributed by atoms with Gasteiger partial charge in [-0.25, -0.2) is 0 Å². The van der Waals surface area contributed by atoms with Gasteiger partial charge in [0, 0.05) is 15.4 Å². The van der Waals surface area contributed by atoms with Crippen molar-refractivity contribution >= 4 is 16.9 Å². The molecule has 1 heterocycles. The molecular weight excluding hydrogens is 162 g/mol. The van der Waals surface area contributed by atoms with E-state index in [2.05, 4.69) is 6.58 Å². The molecule has 1 aromatic rings. The number of nitro groups is 1. The van der Waals surface area contributed by atoms with Crippen molar-refractivity contribution in [3.05, 3.63) is 39.1 Å². The largest absolute Gasteiger partial charge is 0.264 e. The van der Waals surface area contributed by atoms with Gasteiger partial charge in [-0.1, -0.05) is 12.6 Å². The Morgan fingerprint density at radius 3 is 3.00 bits per heavy atom. The van der Waals surface area contributed by atoms with Crippen molar-refractivity contribution in [3.8, 4) is 0 Å². The Labute approximate surface area is 68.1 Å². The van der Waals surface area contributed by atoms with Crippen LogP contribution in [-0.4, -0.2) is 11.5 Å². The summed E-state index contributed by atoms with van der Waals surface area (Å²) in [5.41, 5.74) is 0.574. The SMILES string of the molecule is C=C(C[N+](=O)[O-])c1cccs1. The second-order valence-corrected chi connectivity index (χ2v) is 3.02. The van der Waals surface area contributed by atoms with E-state index >= 15 is 0 Å². The molecule has 58 valence electrons. The highest BCUT2D eigenvalue weighted by molar-refractivity contribution is 7.11. The Morgan fingerprint density at radius 1 is 1.82 bits per heavy atom.